The molecule has 0 bridgehead atoms. The van der Waals surface area contributed by atoms with Crippen LogP contribution in [0, 0.1) is 5.92 Å². The number of carbonyl (C=O) groups excluding carboxylic acids is 1. The summed E-state index contributed by atoms with van der Waals surface area (Å²) in [7, 11) is 0. The molecule has 2 saturated heterocycles. The lowest BCUT2D eigenvalue weighted by molar-refractivity contribution is -0.116. The lowest BCUT2D eigenvalue weighted by Gasteiger charge is -2.32. The summed E-state index contributed by atoms with van der Waals surface area (Å²) in [5, 5.41) is 6.40. The number of hydrogen-bond acceptors (Lipinski definition) is 3. The highest BCUT2D eigenvalue weighted by molar-refractivity contribution is 5.87. The van der Waals surface area contributed by atoms with Crippen LogP contribution in [0.2, 0.25) is 0 Å². The lowest BCUT2D eigenvalue weighted by Crippen LogP contribution is -2.34. The summed E-state index contributed by atoms with van der Waals surface area (Å²) >= 11 is 0. The molecule has 0 aliphatic carbocycles. The van der Waals surface area contributed by atoms with Crippen LogP contribution < -0.4 is 10.6 Å². The molecule has 4 heteroatoms. The van der Waals surface area contributed by atoms with Crippen LogP contribution in [0.15, 0.2) is 42.5 Å². The van der Waals surface area contributed by atoms with Gasteiger partial charge in [-0.15, -0.1) is 0 Å². The van der Waals surface area contributed by atoms with Gasteiger partial charge < -0.3 is 15.5 Å². The predicted octanol–water partition coefficient (Wildman–Crippen LogP) is 3.32. The van der Waals surface area contributed by atoms with Gasteiger partial charge in [0.25, 0.3) is 0 Å². The molecular weight excluding hydrogens is 334 g/mol. The summed E-state index contributed by atoms with van der Waals surface area (Å²) in [4.78, 5) is 14.5. The van der Waals surface area contributed by atoms with Crippen LogP contribution >= 0.6 is 0 Å². The van der Waals surface area contributed by atoms with Gasteiger partial charge in [-0.2, -0.15) is 0 Å². The molecule has 0 aromatic heterocycles. The van der Waals surface area contributed by atoms with Crippen molar-refractivity contribution < 1.29 is 4.79 Å². The molecule has 1 aromatic rings. The first-order chi connectivity index (χ1) is 13.3. The van der Waals surface area contributed by atoms with Crippen LogP contribution in [0.3, 0.4) is 0 Å². The first kappa shape index (κ1) is 20.1. The Morgan fingerprint density at radius 1 is 1.15 bits per heavy atom. The summed E-state index contributed by atoms with van der Waals surface area (Å²) in [6.07, 6.45) is 10.9. The van der Waals surface area contributed by atoms with E-state index in [0.717, 1.165) is 44.9 Å². The molecule has 0 radical (unpaired) electrons. The molecule has 2 fully saturated rings. The molecule has 1 aromatic carbocycles. The van der Waals surface area contributed by atoms with Gasteiger partial charge in [-0.3, -0.25) is 4.79 Å². The summed E-state index contributed by atoms with van der Waals surface area (Å²) < 4.78 is 0. The van der Waals surface area contributed by atoms with E-state index in [1.807, 2.05) is 0 Å². The zero-order valence-electron chi connectivity index (χ0n) is 16.5. The molecule has 4 nitrogen and oxygen atoms in total. The third-order valence-electron chi connectivity index (χ3n) is 5.91. The average Bonchev–Trinajstić information content (AvgIpc) is 2.74. The standard InChI is InChI=1S/C23H35N3O/c27-23(11-10-20-7-6-14-24-19-20)25-15-4-5-16-26-17-12-22(13-18-26)21-8-2-1-3-9-21/h1-3,8-11,20,22,24H,4-7,12-19H2,(H,25,27). The van der Waals surface area contributed by atoms with Gasteiger partial charge in [0, 0.05) is 13.1 Å². The number of carbonyl (C=O) groups is 1. The van der Waals surface area contributed by atoms with Crippen LogP contribution in [0.1, 0.15) is 50.0 Å². The second-order valence-electron chi connectivity index (χ2n) is 7.99. The van der Waals surface area contributed by atoms with Crippen LogP contribution in [0.5, 0.6) is 0 Å². The number of likely N-dealkylation sites (tertiary alicyclic amines) is 1. The fourth-order valence-corrected chi connectivity index (χ4v) is 4.21. The maximum atomic E-state index is 11.9. The highest BCUT2D eigenvalue weighted by Crippen LogP contribution is 2.27. The van der Waals surface area contributed by atoms with E-state index in [4.69, 9.17) is 0 Å². The first-order valence-corrected chi connectivity index (χ1v) is 10.8. The van der Waals surface area contributed by atoms with Crippen LogP contribution in [0.25, 0.3) is 0 Å². The molecule has 2 aliphatic heterocycles. The first-order valence-electron chi connectivity index (χ1n) is 10.8. The number of rotatable bonds is 8. The van der Waals surface area contributed by atoms with Crippen molar-refractivity contribution in [3.05, 3.63) is 48.0 Å². The van der Waals surface area contributed by atoms with Crippen LogP contribution in [0.4, 0.5) is 0 Å². The molecule has 148 valence electrons. The number of unbranched alkanes of at least 4 members (excludes halogenated alkanes) is 1. The fourth-order valence-electron chi connectivity index (χ4n) is 4.21. The maximum Gasteiger partial charge on any atom is 0.243 e. The zero-order valence-corrected chi connectivity index (χ0v) is 16.5. The number of amides is 1. The second-order valence-corrected chi connectivity index (χ2v) is 7.99. The summed E-state index contributed by atoms with van der Waals surface area (Å²) in [6, 6.07) is 10.9. The van der Waals surface area contributed by atoms with E-state index in [2.05, 4.69) is 51.9 Å². The molecule has 0 saturated carbocycles. The van der Waals surface area contributed by atoms with E-state index >= 15 is 0 Å². The molecule has 2 N–H and O–H groups in total. The minimum Gasteiger partial charge on any atom is -0.353 e. The van der Waals surface area contributed by atoms with E-state index in [9.17, 15) is 4.79 Å². The lowest BCUT2D eigenvalue weighted by atomic mass is 9.89. The summed E-state index contributed by atoms with van der Waals surface area (Å²) in [5.41, 5.74) is 1.50. The largest absolute Gasteiger partial charge is 0.353 e. The topological polar surface area (TPSA) is 44.4 Å². The van der Waals surface area contributed by atoms with Crippen molar-refractivity contribution >= 4 is 5.91 Å². The van der Waals surface area contributed by atoms with Crippen molar-refractivity contribution in [1.82, 2.24) is 15.5 Å². The normalized spacial score (nSPS) is 22.1. The summed E-state index contributed by atoms with van der Waals surface area (Å²) in [5.74, 6) is 1.31. The van der Waals surface area contributed by atoms with Gasteiger partial charge in [0.2, 0.25) is 5.91 Å². The monoisotopic (exact) mass is 369 g/mol. The number of hydrogen-bond donors (Lipinski definition) is 2. The number of piperidine rings is 2. The Morgan fingerprint density at radius 3 is 2.70 bits per heavy atom. The van der Waals surface area contributed by atoms with E-state index in [0.29, 0.717) is 5.92 Å². The van der Waals surface area contributed by atoms with Crippen LogP contribution in [-0.2, 0) is 4.79 Å². The Balaban J connectivity index is 1.22. The minimum atomic E-state index is 0.0595. The van der Waals surface area contributed by atoms with Gasteiger partial charge in [0.05, 0.1) is 0 Å². The highest BCUT2D eigenvalue weighted by Gasteiger charge is 2.19. The summed E-state index contributed by atoms with van der Waals surface area (Å²) in [6.45, 7) is 6.45. The Bertz CT molecular complexity index is 573. The molecule has 2 heterocycles. The van der Waals surface area contributed by atoms with Gasteiger partial charge in [0.15, 0.2) is 0 Å². The van der Waals surface area contributed by atoms with Crippen molar-refractivity contribution in [1.29, 1.82) is 0 Å². The number of nitrogens with one attached hydrogen (secondary N) is 2. The molecule has 1 unspecified atom stereocenters. The zero-order chi connectivity index (χ0) is 18.7. The van der Waals surface area contributed by atoms with Crippen molar-refractivity contribution in [2.75, 3.05) is 39.3 Å². The molecule has 2 aliphatic rings. The molecular formula is C23H35N3O. The van der Waals surface area contributed by atoms with Gasteiger partial charge >= 0.3 is 0 Å². The Hall–Kier alpha value is -1.65. The Kier molecular flexibility index (Phi) is 8.37. The van der Waals surface area contributed by atoms with Crippen LogP contribution in [-0.4, -0.2) is 50.1 Å². The van der Waals surface area contributed by atoms with Crippen molar-refractivity contribution in [3.63, 3.8) is 0 Å². The highest BCUT2D eigenvalue weighted by atomic mass is 16.1. The van der Waals surface area contributed by atoms with Crippen molar-refractivity contribution in [2.45, 2.75) is 44.4 Å². The van der Waals surface area contributed by atoms with Crippen molar-refractivity contribution in [2.24, 2.45) is 5.92 Å². The number of benzene rings is 1. The molecule has 0 spiro atoms. The fraction of sp³-hybridized carbons (Fsp3) is 0.609. The van der Waals surface area contributed by atoms with Gasteiger partial charge in [-0.25, -0.2) is 0 Å². The smallest absolute Gasteiger partial charge is 0.243 e. The SMILES string of the molecule is O=C(C=CC1CCCNC1)NCCCCN1CCC(c2ccccc2)CC1. The van der Waals surface area contributed by atoms with E-state index in [1.165, 1.54) is 44.3 Å². The Labute approximate surface area is 164 Å². The molecule has 27 heavy (non-hydrogen) atoms. The van der Waals surface area contributed by atoms with E-state index < -0.39 is 0 Å². The molecule has 3 rings (SSSR count). The average molecular weight is 370 g/mol. The van der Waals surface area contributed by atoms with Gasteiger partial charge in [-0.05, 0) is 88.2 Å². The third-order valence-corrected chi connectivity index (χ3v) is 5.91. The van der Waals surface area contributed by atoms with Gasteiger partial charge in [0.1, 0.15) is 0 Å². The minimum absolute atomic E-state index is 0.0595. The molecule has 1 amide bonds. The molecule has 1 atom stereocenters. The number of nitrogens with zero attached hydrogens (tertiary/aromatic N) is 1. The quantitative estimate of drug-likeness (QED) is 0.546. The maximum absolute atomic E-state index is 11.9. The third kappa shape index (κ3) is 7.11. The van der Waals surface area contributed by atoms with Gasteiger partial charge in [-0.1, -0.05) is 36.4 Å². The predicted molar refractivity (Wildman–Crippen MR) is 112 cm³/mol. The van der Waals surface area contributed by atoms with E-state index in [1.54, 1.807) is 6.08 Å². The van der Waals surface area contributed by atoms with Crippen molar-refractivity contribution in [3.8, 4) is 0 Å². The van der Waals surface area contributed by atoms with E-state index in [-0.39, 0.29) is 5.91 Å². The second kappa shape index (κ2) is 11.3. The Morgan fingerprint density at radius 2 is 1.96 bits per heavy atom.